The molecule has 2 heterocycles. The SMILES string of the molecule is CCCN1CC(=O)N(Cc2cccc(C)n2)[C@H](C)C1=O. The maximum absolute atomic E-state index is 12.2. The van der Waals surface area contributed by atoms with Gasteiger partial charge in [0.05, 0.1) is 18.8 Å². The monoisotopic (exact) mass is 275 g/mol. The van der Waals surface area contributed by atoms with Crippen LogP contribution in [0.3, 0.4) is 0 Å². The molecule has 5 nitrogen and oxygen atoms in total. The van der Waals surface area contributed by atoms with Gasteiger partial charge in [0.1, 0.15) is 6.04 Å². The predicted octanol–water partition coefficient (Wildman–Crippen LogP) is 1.36. The van der Waals surface area contributed by atoms with Crippen LogP contribution in [-0.4, -0.2) is 45.7 Å². The minimum Gasteiger partial charge on any atom is -0.332 e. The number of aromatic nitrogens is 1. The van der Waals surface area contributed by atoms with Crippen LogP contribution in [0, 0.1) is 6.92 Å². The molecule has 108 valence electrons. The first-order valence-corrected chi connectivity index (χ1v) is 7.03. The number of nitrogens with zero attached hydrogens (tertiary/aromatic N) is 3. The molecule has 2 rings (SSSR count). The average Bonchev–Trinajstić information content (AvgIpc) is 2.41. The molecule has 0 aliphatic carbocycles. The topological polar surface area (TPSA) is 53.5 Å². The number of pyridine rings is 1. The Kier molecular flexibility index (Phi) is 4.37. The number of piperazine rings is 1. The number of rotatable bonds is 4. The van der Waals surface area contributed by atoms with E-state index in [1.165, 1.54) is 0 Å². The Morgan fingerprint density at radius 2 is 2.10 bits per heavy atom. The fraction of sp³-hybridized carbons (Fsp3) is 0.533. The molecule has 0 spiro atoms. The van der Waals surface area contributed by atoms with Crippen molar-refractivity contribution in [1.82, 2.24) is 14.8 Å². The van der Waals surface area contributed by atoms with Crippen molar-refractivity contribution in [3.63, 3.8) is 0 Å². The minimum absolute atomic E-state index is 0.00569. The van der Waals surface area contributed by atoms with E-state index < -0.39 is 6.04 Å². The summed E-state index contributed by atoms with van der Waals surface area (Å²) in [5, 5.41) is 0. The molecule has 20 heavy (non-hydrogen) atoms. The normalized spacial score (nSPS) is 19.6. The summed E-state index contributed by atoms with van der Waals surface area (Å²) in [7, 11) is 0. The van der Waals surface area contributed by atoms with Crippen molar-refractivity contribution in [3.05, 3.63) is 29.6 Å². The van der Waals surface area contributed by atoms with Crippen molar-refractivity contribution in [2.45, 2.75) is 39.8 Å². The number of carbonyl (C=O) groups is 2. The number of carbonyl (C=O) groups excluding carboxylic acids is 2. The van der Waals surface area contributed by atoms with E-state index in [-0.39, 0.29) is 18.4 Å². The molecule has 0 radical (unpaired) electrons. The molecular formula is C15H21N3O2. The zero-order chi connectivity index (χ0) is 14.7. The second kappa shape index (κ2) is 6.03. The Labute approximate surface area is 119 Å². The van der Waals surface area contributed by atoms with Crippen molar-refractivity contribution >= 4 is 11.8 Å². The summed E-state index contributed by atoms with van der Waals surface area (Å²) in [5.74, 6) is 0.0213. The van der Waals surface area contributed by atoms with Gasteiger partial charge in [-0.1, -0.05) is 13.0 Å². The van der Waals surface area contributed by atoms with Crippen LogP contribution in [-0.2, 0) is 16.1 Å². The zero-order valence-electron chi connectivity index (χ0n) is 12.3. The van der Waals surface area contributed by atoms with Gasteiger partial charge >= 0.3 is 0 Å². The highest BCUT2D eigenvalue weighted by atomic mass is 16.2. The van der Waals surface area contributed by atoms with Crippen LogP contribution in [0.5, 0.6) is 0 Å². The fourth-order valence-electron chi connectivity index (χ4n) is 2.49. The standard InChI is InChI=1S/C15H21N3O2/c1-4-8-17-10-14(19)18(12(3)15(17)20)9-13-7-5-6-11(2)16-13/h5-7,12H,4,8-10H2,1-3H3/t12-/m1/s1. The number of aryl methyl sites for hydroxylation is 1. The lowest BCUT2D eigenvalue weighted by molar-refractivity contribution is -0.155. The highest BCUT2D eigenvalue weighted by molar-refractivity contribution is 5.94. The first-order valence-electron chi connectivity index (χ1n) is 7.03. The highest BCUT2D eigenvalue weighted by Gasteiger charge is 2.35. The molecule has 1 fully saturated rings. The predicted molar refractivity (Wildman–Crippen MR) is 75.9 cm³/mol. The number of amides is 2. The van der Waals surface area contributed by atoms with E-state index >= 15 is 0 Å². The van der Waals surface area contributed by atoms with Gasteiger partial charge in [-0.25, -0.2) is 0 Å². The number of hydrogen-bond donors (Lipinski definition) is 0. The Morgan fingerprint density at radius 3 is 2.75 bits per heavy atom. The highest BCUT2D eigenvalue weighted by Crippen LogP contribution is 2.16. The summed E-state index contributed by atoms with van der Waals surface area (Å²) in [4.78, 5) is 32.1. The molecule has 1 aromatic heterocycles. The molecule has 0 bridgehead atoms. The van der Waals surface area contributed by atoms with Gasteiger partial charge in [-0.05, 0) is 32.4 Å². The van der Waals surface area contributed by atoms with Gasteiger partial charge in [-0.2, -0.15) is 0 Å². The van der Waals surface area contributed by atoms with Crippen LogP contribution in [0.1, 0.15) is 31.7 Å². The molecule has 1 atom stereocenters. The maximum atomic E-state index is 12.2. The summed E-state index contributed by atoms with van der Waals surface area (Å²) in [6.45, 7) is 6.93. The molecule has 0 unspecified atom stereocenters. The van der Waals surface area contributed by atoms with Gasteiger partial charge < -0.3 is 9.80 Å². The lowest BCUT2D eigenvalue weighted by Crippen LogP contribution is -2.58. The third kappa shape index (κ3) is 2.98. The summed E-state index contributed by atoms with van der Waals surface area (Å²) in [6.07, 6.45) is 0.866. The molecule has 1 saturated heterocycles. The summed E-state index contributed by atoms with van der Waals surface area (Å²) in [5.41, 5.74) is 1.74. The lowest BCUT2D eigenvalue weighted by atomic mass is 10.1. The van der Waals surface area contributed by atoms with Crippen LogP contribution in [0.2, 0.25) is 0 Å². The van der Waals surface area contributed by atoms with Gasteiger partial charge in [0.2, 0.25) is 11.8 Å². The molecule has 0 N–H and O–H groups in total. The largest absolute Gasteiger partial charge is 0.332 e. The molecule has 1 aliphatic heterocycles. The van der Waals surface area contributed by atoms with Gasteiger partial charge in [-0.3, -0.25) is 14.6 Å². The van der Waals surface area contributed by atoms with E-state index in [1.807, 2.05) is 32.0 Å². The Balaban J connectivity index is 2.12. The first kappa shape index (κ1) is 14.5. The van der Waals surface area contributed by atoms with Crippen LogP contribution >= 0.6 is 0 Å². The lowest BCUT2D eigenvalue weighted by Gasteiger charge is -2.38. The summed E-state index contributed by atoms with van der Waals surface area (Å²) < 4.78 is 0. The Bertz CT molecular complexity index is 516. The van der Waals surface area contributed by atoms with E-state index in [4.69, 9.17) is 0 Å². The Hall–Kier alpha value is -1.91. The number of hydrogen-bond acceptors (Lipinski definition) is 3. The molecule has 2 amide bonds. The van der Waals surface area contributed by atoms with Crippen molar-refractivity contribution in [2.24, 2.45) is 0 Å². The van der Waals surface area contributed by atoms with E-state index in [0.717, 1.165) is 17.8 Å². The van der Waals surface area contributed by atoms with E-state index in [2.05, 4.69) is 4.98 Å². The van der Waals surface area contributed by atoms with E-state index in [0.29, 0.717) is 13.1 Å². The van der Waals surface area contributed by atoms with Crippen LogP contribution in [0.15, 0.2) is 18.2 Å². The third-order valence-corrected chi connectivity index (χ3v) is 3.55. The third-order valence-electron chi connectivity index (χ3n) is 3.55. The molecule has 1 aliphatic rings. The van der Waals surface area contributed by atoms with E-state index in [9.17, 15) is 9.59 Å². The van der Waals surface area contributed by atoms with Gasteiger partial charge in [0, 0.05) is 12.2 Å². The smallest absolute Gasteiger partial charge is 0.245 e. The second-order valence-corrected chi connectivity index (χ2v) is 5.23. The van der Waals surface area contributed by atoms with Gasteiger partial charge in [-0.15, -0.1) is 0 Å². The van der Waals surface area contributed by atoms with Crippen molar-refractivity contribution < 1.29 is 9.59 Å². The molecule has 0 aromatic carbocycles. The Morgan fingerprint density at radius 1 is 1.35 bits per heavy atom. The average molecular weight is 275 g/mol. The fourth-order valence-corrected chi connectivity index (χ4v) is 2.49. The summed E-state index contributed by atoms with van der Waals surface area (Å²) in [6, 6.07) is 5.31. The zero-order valence-corrected chi connectivity index (χ0v) is 12.3. The molecule has 0 saturated carbocycles. The molecule has 5 heteroatoms. The molecule has 1 aromatic rings. The van der Waals surface area contributed by atoms with Crippen LogP contribution in [0.4, 0.5) is 0 Å². The van der Waals surface area contributed by atoms with Gasteiger partial charge in [0.15, 0.2) is 0 Å². The van der Waals surface area contributed by atoms with Gasteiger partial charge in [0.25, 0.3) is 0 Å². The second-order valence-electron chi connectivity index (χ2n) is 5.23. The minimum atomic E-state index is -0.412. The van der Waals surface area contributed by atoms with Crippen molar-refractivity contribution in [2.75, 3.05) is 13.1 Å². The first-order chi connectivity index (χ1) is 9.52. The van der Waals surface area contributed by atoms with E-state index in [1.54, 1.807) is 16.7 Å². The van der Waals surface area contributed by atoms with Crippen LogP contribution in [0.25, 0.3) is 0 Å². The molecular weight excluding hydrogens is 254 g/mol. The van der Waals surface area contributed by atoms with Crippen LogP contribution < -0.4 is 0 Å². The van der Waals surface area contributed by atoms with Crippen molar-refractivity contribution in [1.29, 1.82) is 0 Å². The van der Waals surface area contributed by atoms with Crippen molar-refractivity contribution in [3.8, 4) is 0 Å². The summed E-state index contributed by atoms with van der Waals surface area (Å²) >= 11 is 0. The maximum Gasteiger partial charge on any atom is 0.245 e. The quantitative estimate of drug-likeness (QED) is 0.833.